The Labute approximate surface area is 117 Å². The molecule has 0 spiro atoms. The molecular formula is C12H21BrClN3. The molecule has 0 saturated carbocycles. The zero-order valence-electron chi connectivity index (χ0n) is 10.8. The predicted molar refractivity (Wildman–Crippen MR) is 77.0 cm³/mol. The van der Waals surface area contributed by atoms with Gasteiger partial charge < -0.3 is 0 Å². The second-order valence-electron chi connectivity index (χ2n) is 4.07. The third-order valence-electron chi connectivity index (χ3n) is 2.88. The number of nitrogens with zero attached hydrogens (tertiary/aromatic N) is 3. The van der Waals surface area contributed by atoms with Crippen molar-refractivity contribution in [2.75, 3.05) is 18.4 Å². The Balaban J connectivity index is 2.77. The predicted octanol–water partition coefficient (Wildman–Crippen LogP) is 3.47. The first-order valence-electron chi connectivity index (χ1n) is 6.14. The van der Waals surface area contributed by atoms with E-state index in [4.69, 9.17) is 11.6 Å². The summed E-state index contributed by atoms with van der Waals surface area (Å²) in [5.41, 5.74) is 2.07. The van der Waals surface area contributed by atoms with Crippen molar-refractivity contribution in [2.45, 2.75) is 40.3 Å². The van der Waals surface area contributed by atoms with Gasteiger partial charge >= 0.3 is 0 Å². The topological polar surface area (TPSA) is 21.1 Å². The molecule has 0 aliphatic carbocycles. The number of alkyl halides is 1. The highest BCUT2D eigenvalue weighted by Gasteiger charge is 2.14. The van der Waals surface area contributed by atoms with Gasteiger partial charge in [-0.15, -0.1) is 0 Å². The van der Waals surface area contributed by atoms with E-state index < -0.39 is 0 Å². The number of aromatic nitrogens is 2. The second-order valence-corrected chi connectivity index (χ2v) is 5.24. The van der Waals surface area contributed by atoms with Crippen LogP contribution in [0.5, 0.6) is 0 Å². The van der Waals surface area contributed by atoms with Crippen LogP contribution in [0.3, 0.4) is 0 Å². The zero-order valence-corrected chi connectivity index (χ0v) is 13.2. The van der Waals surface area contributed by atoms with Crippen LogP contribution in [-0.2, 0) is 13.1 Å². The zero-order chi connectivity index (χ0) is 12.8. The number of rotatable bonds is 7. The molecule has 1 heterocycles. The Morgan fingerprint density at radius 3 is 2.65 bits per heavy atom. The fourth-order valence-corrected chi connectivity index (χ4v) is 2.31. The molecule has 0 fully saturated rings. The molecule has 0 aliphatic heterocycles. The average molecular weight is 323 g/mol. The molecule has 0 amide bonds. The second kappa shape index (κ2) is 7.39. The lowest BCUT2D eigenvalue weighted by Crippen LogP contribution is -2.26. The van der Waals surface area contributed by atoms with Crippen LogP contribution in [0.25, 0.3) is 0 Å². The van der Waals surface area contributed by atoms with Crippen molar-refractivity contribution < 1.29 is 0 Å². The van der Waals surface area contributed by atoms with Gasteiger partial charge in [-0.1, -0.05) is 34.5 Å². The number of halogens is 2. The summed E-state index contributed by atoms with van der Waals surface area (Å²) in [4.78, 5) is 2.40. The van der Waals surface area contributed by atoms with Gasteiger partial charge in [0.1, 0.15) is 0 Å². The smallest absolute Gasteiger partial charge is 0.0860 e. The fourth-order valence-electron chi connectivity index (χ4n) is 1.86. The largest absolute Gasteiger partial charge is 0.298 e. The summed E-state index contributed by atoms with van der Waals surface area (Å²) in [6.45, 7) is 10.1. The van der Waals surface area contributed by atoms with Gasteiger partial charge in [0.25, 0.3) is 0 Å². The molecule has 0 aromatic carbocycles. The maximum atomic E-state index is 6.31. The van der Waals surface area contributed by atoms with Crippen molar-refractivity contribution in [1.29, 1.82) is 0 Å². The van der Waals surface area contributed by atoms with Gasteiger partial charge in [0.2, 0.25) is 0 Å². The summed E-state index contributed by atoms with van der Waals surface area (Å²) in [5, 5.41) is 6.31. The minimum Gasteiger partial charge on any atom is -0.298 e. The minimum absolute atomic E-state index is 0.823. The lowest BCUT2D eigenvalue weighted by Gasteiger charge is -2.20. The third-order valence-corrected chi connectivity index (χ3v) is 3.93. The Kier molecular flexibility index (Phi) is 6.52. The van der Waals surface area contributed by atoms with Crippen LogP contribution >= 0.6 is 27.5 Å². The molecule has 3 nitrogen and oxygen atoms in total. The molecule has 0 N–H and O–H groups in total. The first-order valence-corrected chi connectivity index (χ1v) is 7.64. The highest BCUT2D eigenvalue weighted by Crippen LogP contribution is 2.21. The summed E-state index contributed by atoms with van der Waals surface area (Å²) < 4.78 is 2.01. The van der Waals surface area contributed by atoms with Gasteiger partial charge in [0, 0.05) is 18.4 Å². The van der Waals surface area contributed by atoms with Gasteiger partial charge in [-0.3, -0.25) is 9.58 Å². The van der Waals surface area contributed by atoms with E-state index in [-0.39, 0.29) is 0 Å². The van der Waals surface area contributed by atoms with Gasteiger partial charge in [0.05, 0.1) is 16.4 Å². The molecule has 1 aromatic rings. The Morgan fingerprint density at radius 1 is 1.41 bits per heavy atom. The van der Waals surface area contributed by atoms with Gasteiger partial charge in [-0.2, -0.15) is 5.10 Å². The fraction of sp³-hybridized carbons (Fsp3) is 0.750. The van der Waals surface area contributed by atoms with E-state index in [0.29, 0.717) is 0 Å². The normalized spacial score (nSPS) is 11.4. The SMILES string of the molecule is CCN(CCCBr)Cc1c(Cl)c(C)nn1CC. The van der Waals surface area contributed by atoms with Crippen LogP contribution in [-0.4, -0.2) is 33.1 Å². The molecule has 98 valence electrons. The van der Waals surface area contributed by atoms with E-state index in [0.717, 1.165) is 54.3 Å². The van der Waals surface area contributed by atoms with Crippen LogP contribution in [0.1, 0.15) is 31.7 Å². The molecule has 5 heteroatoms. The Morgan fingerprint density at radius 2 is 2.12 bits per heavy atom. The molecule has 1 rings (SSSR count). The van der Waals surface area contributed by atoms with Crippen LogP contribution in [0, 0.1) is 6.92 Å². The van der Waals surface area contributed by atoms with E-state index >= 15 is 0 Å². The van der Waals surface area contributed by atoms with Crippen molar-refractivity contribution in [1.82, 2.24) is 14.7 Å². The van der Waals surface area contributed by atoms with E-state index in [2.05, 4.69) is 39.8 Å². The first kappa shape index (κ1) is 15.0. The summed E-state index contributed by atoms with van der Waals surface area (Å²) >= 11 is 9.78. The summed E-state index contributed by atoms with van der Waals surface area (Å²) in [6, 6.07) is 0. The van der Waals surface area contributed by atoms with Crippen molar-refractivity contribution >= 4 is 27.5 Å². The van der Waals surface area contributed by atoms with Crippen molar-refractivity contribution in [3.8, 4) is 0 Å². The van der Waals surface area contributed by atoms with E-state index in [9.17, 15) is 0 Å². The summed E-state index contributed by atoms with van der Waals surface area (Å²) in [6.07, 6.45) is 1.16. The molecule has 0 unspecified atom stereocenters. The van der Waals surface area contributed by atoms with Gasteiger partial charge in [-0.25, -0.2) is 0 Å². The third kappa shape index (κ3) is 3.97. The standard InChI is InChI=1S/C12H21BrClN3/c1-4-16(8-6-7-13)9-11-12(14)10(3)15-17(11)5-2/h4-9H2,1-3H3. The van der Waals surface area contributed by atoms with Gasteiger partial charge in [0.15, 0.2) is 0 Å². The Bertz CT molecular complexity index is 352. The first-order chi connectivity index (χ1) is 8.13. The molecule has 0 aliphatic rings. The van der Waals surface area contributed by atoms with Crippen LogP contribution in [0.2, 0.25) is 5.02 Å². The van der Waals surface area contributed by atoms with Gasteiger partial charge in [-0.05, 0) is 33.4 Å². The molecule has 0 bridgehead atoms. The monoisotopic (exact) mass is 321 g/mol. The molecule has 1 aromatic heterocycles. The highest BCUT2D eigenvalue weighted by atomic mass is 79.9. The van der Waals surface area contributed by atoms with E-state index in [1.54, 1.807) is 0 Å². The molecular weight excluding hydrogens is 302 g/mol. The average Bonchev–Trinajstić information content (AvgIpc) is 2.61. The minimum atomic E-state index is 0.823. The number of aryl methyl sites for hydroxylation is 2. The summed E-state index contributed by atoms with van der Waals surface area (Å²) in [5.74, 6) is 0. The Hall–Kier alpha value is -0.0600. The van der Waals surface area contributed by atoms with Crippen LogP contribution in [0.4, 0.5) is 0 Å². The highest BCUT2D eigenvalue weighted by molar-refractivity contribution is 9.09. The lowest BCUT2D eigenvalue weighted by molar-refractivity contribution is 0.272. The molecule has 0 radical (unpaired) electrons. The van der Waals surface area contributed by atoms with Crippen molar-refractivity contribution in [2.24, 2.45) is 0 Å². The molecule has 0 atom stereocenters. The number of hydrogen-bond donors (Lipinski definition) is 0. The maximum Gasteiger partial charge on any atom is 0.0860 e. The van der Waals surface area contributed by atoms with E-state index in [1.807, 2.05) is 11.6 Å². The van der Waals surface area contributed by atoms with Crippen molar-refractivity contribution in [3.05, 3.63) is 16.4 Å². The summed E-state index contributed by atoms with van der Waals surface area (Å²) in [7, 11) is 0. The molecule has 17 heavy (non-hydrogen) atoms. The maximum absolute atomic E-state index is 6.31. The lowest BCUT2D eigenvalue weighted by atomic mass is 10.3. The van der Waals surface area contributed by atoms with E-state index in [1.165, 1.54) is 0 Å². The van der Waals surface area contributed by atoms with Crippen molar-refractivity contribution in [3.63, 3.8) is 0 Å². The quantitative estimate of drug-likeness (QED) is 0.717. The molecule has 0 saturated heterocycles. The number of hydrogen-bond acceptors (Lipinski definition) is 2. The van der Waals surface area contributed by atoms with Crippen LogP contribution in [0.15, 0.2) is 0 Å². The van der Waals surface area contributed by atoms with Crippen LogP contribution < -0.4 is 0 Å².